The van der Waals surface area contributed by atoms with Crippen LogP contribution < -0.4 is 18.9 Å². The normalized spacial score (nSPS) is 10.6. The zero-order valence-electron chi connectivity index (χ0n) is 15.1. The van der Waals surface area contributed by atoms with E-state index in [0.717, 1.165) is 6.08 Å². The molecule has 0 radical (unpaired) electrons. The molecule has 0 spiro atoms. The highest BCUT2D eigenvalue weighted by atomic mass is 35.5. The molecule has 0 heterocycles. The molecule has 0 aliphatic rings. The van der Waals surface area contributed by atoms with Crippen molar-refractivity contribution in [2.75, 3.05) is 26.9 Å². The molecule has 7 heteroatoms. The number of halogens is 1. The van der Waals surface area contributed by atoms with Crippen LogP contribution in [0.5, 0.6) is 23.0 Å². The van der Waals surface area contributed by atoms with E-state index < -0.39 is 5.97 Å². The minimum absolute atomic E-state index is 0.238. The zero-order valence-corrected chi connectivity index (χ0v) is 15.9. The second-order valence-electron chi connectivity index (χ2n) is 5.28. The summed E-state index contributed by atoms with van der Waals surface area (Å²) in [6.07, 6.45) is 2.47. The number of carboxylic acids is 1. The van der Waals surface area contributed by atoms with Crippen molar-refractivity contribution in [1.82, 2.24) is 0 Å². The molecule has 0 aliphatic heterocycles. The van der Waals surface area contributed by atoms with E-state index in [1.54, 1.807) is 25.3 Å². The Kier molecular flexibility index (Phi) is 7.82. The van der Waals surface area contributed by atoms with E-state index in [1.807, 2.05) is 25.1 Å². The minimum atomic E-state index is -1.04. The van der Waals surface area contributed by atoms with Gasteiger partial charge in [-0.05, 0) is 42.8 Å². The molecule has 6 nitrogen and oxygen atoms in total. The van der Waals surface area contributed by atoms with Crippen molar-refractivity contribution < 1.29 is 28.8 Å². The Morgan fingerprint density at radius 3 is 2.44 bits per heavy atom. The molecule has 1 N–H and O–H groups in total. The number of aliphatic carboxylic acids is 1. The summed E-state index contributed by atoms with van der Waals surface area (Å²) in [5.41, 5.74) is 0.600. The van der Waals surface area contributed by atoms with E-state index in [1.165, 1.54) is 6.08 Å². The van der Waals surface area contributed by atoms with Crippen LogP contribution in [0, 0.1) is 0 Å². The fourth-order valence-corrected chi connectivity index (χ4v) is 2.56. The van der Waals surface area contributed by atoms with Crippen molar-refractivity contribution in [3.63, 3.8) is 0 Å². The molecule has 0 unspecified atom stereocenters. The predicted molar refractivity (Wildman–Crippen MR) is 103 cm³/mol. The van der Waals surface area contributed by atoms with Crippen LogP contribution in [0.25, 0.3) is 6.08 Å². The summed E-state index contributed by atoms with van der Waals surface area (Å²) < 4.78 is 22.2. The lowest BCUT2D eigenvalue weighted by molar-refractivity contribution is -0.131. The highest BCUT2D eigenvalue weighted by Gasteiger charge is 2.12. The second-order valence-corrected chi connectivity index (χ2v) is 5.69. The van der Waals surface area contributed by atoms with Gasteiger partial charge in [0.25, 0.3) is 0 Å². The Morgan fingerprint density at radius 1 is 1.07 bits per heavy atom. The largest absolute Gasteiger partial charge is 0.493 e. The first kappa shape index (κ1) is 20.5. The van der Waals surface area contributed by atoms with Crippen molar-refractivity contribution in [2.24, 2.45) is 0 Å². The van der Waals surface area contributed by atoms with Crippen molar-refractivity contribution in [2.45, 2.75) is 6.92 Å². The first-order valence-corrected chi connectivity index (χ1v) is 8.69. The Morgan fingerprint density at radius 2 is 1.78 bits per heavy atom. The first-order valence-electron chi connectivity index (χ1n) is 8.31. The van der Waals surface area contributed by atoms with Crippen LogP contribution in [-0.4, -0.2) is 38.0 Å². The quantitative estimate of drug-likeness (QED) is 0.480. The van der Waals surface area contributed by atoms with Crippen LogP contribution in [0.2, 0.25) is 5.02 Å². The summed E-state index contributed by atoms with van der Waals surface area (Å²) >= 11 is 6.28. The molecule has 2 aromatic rings. The molecule has 0 bridgehead atoms. The molecular weight excluding hydrogens is 372 g/mol. The number of benzene rings is 2. The third-order valence-electron chi connectivity index (χ3n) is 3.41. The number of para-hydroxylation sites is 2. The van der Waals surface area contributed by atoms with Crippen LogP contribution in [0.1, 0.15) is 12.5 Å². The van der Waals surface area contributed by atoms with Gasteiger partial charge in [0.1, 0.15) is 13.2 Å². The number of methoxy groups -OCH3 is 1. The Hall–Kier alpha value is -2.86. The molecule has 144 valence electrons. The molecule has 2 rings (SSSR count). The molecule has 0 atom stereocenters. The van der Waals surface area contributed by atoms with Gasteiger partial charge >= 0.3 is 5.97 Å². The maximum absolute atomic E-state index is 10.7. The topological polar surface area (TPSA) is 74.2 Å². The standard InChI is InChI=1S/C20H21ClO6/c1-3-25-18-13-14(8-9-19(22)23)12-15(21)20(18)27-11-10-26-17-7-5-4-6-16(17)24-2/h4-9,12-13H,3,10-11H2,1-2H3,(H,22,23). The molecule has 0 aromatic heterocycles. The van der Waals surface area contributed by atoms with E-state index in [2.05, 4.69) is 0 Å². The zero-order chi connectivity index (χ0) is 19.6. The third-order valence-corrected chi connectivity index (χ3v) is 3.69. The SMILES string of the molecule is CCOc1cc(C=CC(=O)O)cc(Cl)c1OCCOc1ccccc1OC. The van der Waals surface area contributed by atoms with Gasteiger partial charge in [0.2, 0.25) is 0 Å². The van der Waals surface area contributed by atoms with Crippen LogP contribution in [0.3, 0.4) is 0 Å². The van der Waals surface area contributed by atoms with Crippen molar-refractivity contribution in [1.29, 1.82) is 0 Å². The number of ether oxygens (including phenoxy) is 4. The molecule has 27 heavy (non-hydrogen) atoms. The van der Waals surface area contributed by atoms with E-state index in [9.17, 15) is 4.79 Å². The van der Waals surface area contributed by atoms with E-state index in [-0.39, 0.29) is 13.2 Å². The summed E-state index contributed by atoms with van der Waals surface area (Å²) in [7, 11) is 1.58. The maximum Gasteiger partial charge on any atom is 0.328 e. The van der Waals surface area contributed by atoms with Gasteiger partial charge in [0.15, 0.2) is 23.0 Å². The molecule has 2 aromatic carbocycles. The van der Waals surface area contributed by atoms with Gasteiger partial charge in [-0.15, -0.1) is 0 Å². The second kappa shape index (κ2) is 10.3. The number of carboxylic acid groups (broad SMARTS) is 1. The molecule has 0 saturated heterocycles. The van der Waals surface area contributed by atoms with Crippen molar-refractivity contribution in [3.8, 4) is 23.0 Å². The van der Waals surface area contributed by atoms with E-state index in [0.29, 0.717) is 40.2 Å². The number of hydrogen-bond acceptors (Lipinski definition) is 5. The van der Waals surface area contributed by atoms with Gasteiger partial charge in [-0.2, -0.15) is 0 Å². The van der Waals surface area contributed by atoms with Crippen LogP contribution >= 0.6 is 11.6 Å². The average molecular weight is 393 g/mol. The summed E-state index contributed by atoms with van der Waals surface area (Å²) in [6.45, 7) is 2.77. The number of carbonyl (C=O) groups is 1. The van der Waals surface area contributed by atoms with Gasteiger partial charge < -0.3 is 24.1 Å². The summed E-state index contributed by atoms with van der Waals surface area (Å²) in [5.74, 6) is 1.04. The molecule has 0 fully saturated rings. The van der Waals surface area contributed by atoms with Gasteiger partial charge in [0.05, 0.1) is 18.7 Å². The summed E-state index contributed by atoms with van der Waals surface area (Å²) in [4.78, 5) is 10.7. The Balaban J connectivity index is 2.05. The van der Waals surface area contributed by atoms with E-state index in [4.69, 9.17) is 35.7 Å². The fraction of sp³-hybridized carbons (Fsp3) is 0.250. The van der Waals surface area contributed by atoms with Gasteiger partial charge in [-0.1, -0.05) is 23.7 Å². The number of rotatable bonds is 10. The molecule has 0 aliphatic carbocycles. The van der Waals surface area contributed by atoms with Gasteiger partial charge in [-0.3, -0.25) is 0 Å². The minimum Gasteiger partial charge on any atom is -0.493 e. The van der Waals surface area contributed by atoms with Crippen LogP contribution in [0.15, 0.2) is 42.5 Å². The lowest BCUT2D eigenvalue weighted by Crippen LogP contribution is -2.10. The third kappa shape index (κ3) is 6.11. The summed E-state index contributed by atoms with van der Waals surface area (Å²) in [6, 6.07) is 10.6. The highest BCUT2D eigenvalue weighted by molar-refractivity contribution is 6.32. The van der Waals surface area contributed by atoms with Crippen LogP contribution in [0.4, 0.5) is 0 Å². The smallest absolute Gasteiger partial charge is 0.328 e. The maximum atomic E-state index is 10.7. The molecule has 0 amide bonds. The van der Waals surface area contributed by atoms with Gasteiger partial charge in [-0.25, -0.2) is 4.79 Å². The average Bonchev–Trinajstić information content (AvgIpc) is 2.65. The Labute approximate surface area is 162 Å². The van der Waals surface area contributed by atoms with E-state index >= 15 is 0 Å². The molecule has 0 saturated carbocycles. The first-order chi connectivity index (χ1) is 13.0. The monoisotopic (exact) mass is 392 g/mol. The van der Waals surface area contributed by atoms with Gasteiger partial charge in [0, 0.05) is 6.08 Å². The van der Waals surface area contributed by atoms with Crippen molar-refractivity contribution in [3.05, 3.63) is 53.1 Å². The lowest BCUT2D eigenvalue weighted by Gasteiger charge is -2.15. The molecular formula is C20H21ClO6. The lowest BCUT2D eigenvalue weighted by atomic mass is 10.2. The highest BCUT2D eigenvalue weighted by Crippen LogP contribution is 2.37. The Bertz CT molecular complexity index is 803. The van der Waals surface area contributed by atoms with Crippen molar-refractivity contribution >= 4 is 23.6 Å². The predicted octanol–water partition coefficient (Wildman–Crippen LogP) is 4.30. The fourth-order valence-electron chi connectivity index (χ4n) is 2.29. The van der Waals surface area contributed by atoms with Crippen LogP contribution in [-0.2, 0) is 4.79 Å². The summed E-state index contributed by atoms with van der Waals surface area (Å²) in [5, 5.41) is 9.07. The number of hydrogen-bond donors (Lipinski definition) is 1.